The number of amides is 2. The van der Waals surface area contributed by atoms with Crippen LogP contribution in [-0.2, 0) is 31.6 Å². The molecule has 10 heteroatoms. The minimum atomic E-state index is -3.81. The number of sulfonamides is 1. The highest BCUT2D eigenvalue weighted by Gasteiger charge is 2.51. The van der Waals surface area contributed by atoms with Gasteiger partial charge in [0, 0.05) is 12.6 Å². The molecule has 5 aliphatic rings. The van der Waals surface area contributed by atoms with E-state index in [9.17, 15) is 18.0 Å². The summed E-state index contributed by atoms with van der Waals surface area (Å²) >= 11 is 12.4. The van der Waals surface area contributed by atoms with Gasteiger partial charge in [0.25, 0.3) is 0 Å². The van der Waals surface area contributed by atoms with Gasteiger partial charge >= 0.3 is 0 Å². The maximum absolute atomic E-state index is 14.0. The molecule has 5 aliphatic carbocycles. The second-order valence-corrected chi connectivity index (χ2v) is 17.0. The summed E-state index contributed by atoms with van der Waals surface area (Å²) < 4.78 is 27.5. The summed E-state index contributed by atoms with van der Waals surface area (Å²) in [5.74, 6) is 1.70. The number of benzene rings is 2. The van der Waals surface area contributed by atoms with Crippen molar-refractivity contribution in [1.29, 1.82) is 0 Å². The molecule has 244 valence electrons. The summed E-state index contributed by atoms with van der Waals surface area (Å²) in [6, 6.07) is 12.2. The van der Waals surface area contributed by atoms with Crippen molar-refractivity contribution >= 4 is 50.7 Å². The van der Waals surface area contributed by atoms with Crippen molar-refractivity contribution in [3.8, 4) is 0 Å². The molecule has 7 rings (SSSR count). The second-order valence-electron chi connectivity index (χ2n) is 14.3. The molecule has 5 fully saturated rings. The number of hydrogen-bond donors (Lipinski definition) is 1. The molecule has 0 aliphatic heterocycles. The topological polar surface area (TPSA) is 86.8 Å². The largest absolute Gasteiger partial charge is 0.352 e. The lowest BCUT2D eigenvalue weighted by Gasteiger charge is -2.57. The average Bonchev–Trinajstić information content (AvgIpc) is 2.99. The molecule has 45 heavy (non-hydrogen) atoms. The van der Waals surface area contributed by atoms with E-state index in [0.717, 1.165) is 60.4 Å². The number of nitrogens with zero attached hydrogens (tertiary/aromatic N) is 2. The van der Waals surface area contributed by atoms with Crippen LogP contribution < -0.4 is 9.62 Å². The quantitative estimate of drug-likeness (QED) is 0.292. The Balaban J connectivity index is 1.23. The van der Waals surface area contributed by atoms with Gasteiger partial charge in [-0.1, -0.05) is 60.7 Å². The standard InChI is InChI=1S/C35H45Cl2N3O4S/c1-23(34(42)38-29-6-4-3-5-7-29)39(21-24-8-13-31(36)32(37)17-24)33(41)22-40(45(2,43)44)30-11-9-28(10-12-30)35-18-25-14-26(19-35)16-27(15-25)20-35/h8-13,17,23,25-27,29H,3-7,14-16,18-22H2,1-2H3,(H,38,42). The fourth-order valence-corrected chi connectivity index (χ4v) is 10.2. The molecule has 0 heterocycles. The van der Waals surface area contributed by atoms with E-state index in [1.54, 1.807) is 25.1 Å². The van der Waals surface area contributed by atoms with Crippen LogP contribution in [0, 0.1) is 17.8 Å². The summed E-state index contributed by atoms with van der Waals surface area (Å²) in [7, 11) is -3.81. The first-order valence-corrected chi connectivity index (χ1v) is 19.1. The molecular formula is C35H45Cl2N3O4S. The van der Waals surface area contributed by atoms with Crippen LogP contribution in [0.3, 0.4) is 0 Å². The Morgan fingerprint density at radius 2 is 1.51 bits per heavy atom. The summed E-state index contributed by atoms with van der Waals surface area (Å²) in [6.45, 7) is 1.36. The van der Waals surface area contributed by atoms with Gasteiger partial charge in [-0.05, 0) is 117 Å². The smallest absolute Gasteiger partial charge is 0.244 e. The van der Waals surface area contributed by atoms with E-state index in [4.69, 9.17) is 23.2 Å². The Morgan fingerprint density at radius 3 is 2.07 bits per heavy atom. The summed E-state index contributed by atoms with van der Waals surface area (Å²) in [5, 5.41) is 3.86. The van der Waals surface area contributed by atoms with E-state index in [0.29, 0.717) is 21.3 Å². The molecule has 1 N–H and O–H groups in total. The van der Waals surface area contributed by atoms with Gasteiger partial charge in [-0.25, -0.2) is 8.42 Å². The minimum absolute atomic E-state index is 0.0793. The van der Waals surface area contributed by atoms with E-state index in [1.807, 2.05) is 12.1 Å². The monoisotopic (exact) mass is 673 g/mol. The first-order valence-electron chi connectivity index (χ1n) is 16.5. The highest BCUT2D eigenvalue weighted by Crippen LogP contribution is 2.60. The third kappa shape index (κ3) is 7.18. The Hall–Kier alpha value is -2.29. The first-order chi connectivity index (χ1) is 21.4. The predicted molar refractivity (Wildman–Crippen MR) is 180 cm³/mol. The SMILES string of the molecule is CC(C(=O)NC1CCCCC1)N(Cc1ccc(Cl)c(Cl)c1)C(=O)CN(c1ccc(C23CC4CC(CC(C4)C2)C3)cc1)S(C)(=O)=O. The highest BCUT2D eigenvalue weighted by atomic mass is 35.5. The number of nitrogens with one attached hydrogen (secondary N) is 1. The maximum atomic E-state index is 14.0. The lowest BCUT2D eigenvalue weighted by molar-refractivity contribution is -0.139. The van der Waals surface area contributed by atoms with Crippen molar-refractivity contribution in [2.24, 2.45) is 17.8 Å². The zero-order chi connectivity index (χ0) is 31.9. The number of rotatable bonds is 10. The highest BCUT2D eigenvalue weighted by molar-refractivity contribution is 7.92. The predicted octanol–water partition coefficient (Wildman–Crippen LogP) is 7.09. The van der Waals surface area contributed by atoms with E-state index >= 15 is 0 Å². The molecule has 1 atom stereocenters. The molecule has 4 bridgehead atoms. The molecule has 2 amide bonds. The van der Waals surface area contributed by atoms with Gasteiger partial charge in [0.1, 0.15) is 12.6 Å². The second kappa shape index (κ2) is 13.1. The Bertz CT molecular complexity index is 1490. The fourth-order valence-electron chi connectivity index (χ4n) is 9.05. The van der Waals surface area contributed by atoms with Crippen LogP contribution >= 0.6 is 23.2 Å². The van der Waals surface area contributed by atoms with E-state index in [2.05, 4.69) is 17.4 Å². The van der Waals surface area contributed by atoms with Gasteiger partial charge in [-0.2, -0.15) is 0 Å². The van der Waals surface area contributed by atoms with E-state index in [-0.39, 0.29) is 23.9 Å². The van der Waals surface area contributed by atoms with Crippen molar-refractivity contribution in [1.82, 2.24) is 10.2 Å². The molecular weight excluding hydrogens is 629 g/mol. The Morgan fingerprint density at radius 1 is 0.911 bits per heavy atom. The van der Waals surface area contributed by atoms with Crippen molar-refractivity contribution < 1.29 is 18.0 Å². The van der Waals surface area contributed by atoms with Crippen LogP contribution in [0.1, 0.15) is 88.7 Å². The lowest BCUT2D eigenvalue weighted by atomic mass is 9.48. The van der Waals surface area contributed by atoms with E-state index < -0.39 is 28.5 Å². The number of anilines is 1. The molecule has 0 radical (unpaired) electrons. The molecule has 7 nitrogen and oxygen atoms in total. The minimum Gasteiger partial charge on any atom is -0.352 e. The zero-order valence-electron chi connectivity index (χ0n) is 26.3. The molecule has 0 aromatic heterocycles. The number of carbonyl (C=O) groups excluding carboxylic acids is 2. The zero-order valence-corrected chi connectivity index (χ0v) is 28.6. The van der Waals surface area contributed by atoms with E-state index in [1.165, 1.54) is 49.0 Å². The molecule has 1 unspecified atom stereocenters. The normalized spacial score (nSPS) is 26.8. The number of carbonyl (C=O) groups is 2. The Labute approximate surface area is 278 Å². The Kier molecular flexibility index (Phi) is 9.48. The van der Waals surface area contributed by atoms with Crippen molar-refractivity contribution in [3.63, 3.8) is 0 Å². The lowest BCUT2D eigenvalue weighted by Crippen LogP contribution is -2.53. The van der Waals surface area contributed by atoms with Crippen LogP contribution in [-0.4, -0.2) is 50.0 Å². The van der Waals surface area contributed by atoms with Gasteiger partial charge < -0.3 is 10.2 Å². The summed E-state index contributed by atoms with van der Waals surface area (Å²) in [4.78, 5) is 28.9. The summed E-state index contributed by atoms with van der Waals surface area (Å²) in [6.07, 6.45) is 14.0. The molecule has 2 aromatic rings. The van der Waals surface area contributed by atoms with Gasteiger partial charge in [0.15, 0.2) is 0 Å². The van der Waals surface area contributed by atoms with Gasteiger partial charge in [0.2, 0.25) is 21.8 Å². The van der Waals surface area contributed by atoms with Crippen LogP contribution in [0.5, 0.6) is 0 Å². The maximum Gasteiger partial charge on any atom is 0.244 e. The van der Waals surface area contributed by atoms with Crippen LogP contribution in [0.4, 0.5) is 5.69 Å². The molecule has 2 aromatic carbocycles. The van der Waals surface area contributed by atoms with Crippen LogP contribution in [0.25, 0.3) is 0 Å². The third-order valence-electron chi connectivity index (χ3n) is 10.9. The molecule has 5 saturated carbocycles. The van der Waals surface area contributed by atoms with Gasteiger partial charge in [-0.3, -0.25) is 13.9 Å². The van der Waals surface area contributed by atoms with Crippen LogP contribution in [0.2, 0.25) is 10.0 Å². The fraction of sp³-hybridized carbons (Fsp3) is 0.600. The molecule has 0 spiro atoms. The summed E-state index contributed by atoms with van der Waals surface area (Å²) in [5.41, 5.74) is 2.63. The van der Waals surface area contributed by atoms with Gasteiger partial charge in [0.05, 0.1) is 22.0 Å². The average molecular weight is 675 g/mol. The van der Waals surface area contributed by atoms with Crippen molar-refractivity contribution in [3.05, 3.63) is 63.6 Å². The van der Waals surface area contributed by atoms with Gasteiger partial charge in [-0.15, -0.1) is 0 Å². The third-order valence-corrected chi connectivity index (χ3v) is 12.8. The van der Waals surface area contributed by atoms with Crippen molar-refractivity contribution in [2.75, 3.05) is 17.1 Å². The van der Waals surface area contributed by atoms with Crippen LogP contribution in [0.15, 0.2) is 42.5 Å². The molecule has 0 saturated heterocycles. The number of hydrogen-bond acceptors (Lipinski definition) is 4. The number of halogens is 2. The first kappa shape index (κ1) is 32.6. The van der Waals surface area contributed by atoms with Crippen molar-refractivity contribution in [2.45, 2.75) is 102 Å².